The van der Waals surface area contributed by atoms with Gasteiger partial charge in [0.15, 0.2) is 0 Å². The number of aromatic nitrogens is 3. The van der Waals surface area contributed by atoms with Gasteiger partial charge in [-0.1, -0.05) is 48.0 Å². The van der Waals surface area contributed by atoms with Crippen LogP contribution < -0.4 is 0 Å². The van der Waals surface area contributed by atoms with E-state index in [4.69, 9.17) is 16.6 Å². The van der Waals surface area contributed by atoms with Crippen LogP contribution >= 0.6 is 34.7 Å². The molecule has 1 aliphatic rings. The molecule has 0 spiro atoms. The van der Waals surface area contributed by atoms with Crippen LogP contribution in [0, 0.1) is 0 Å². The molecule has 0 bridgehead atoms. The number of nitrogens with zero attached hydrogens (tertiary/aromatic N) is 3. The van der Waals surface area contributed by atoms with Gasteiger partial charge in [-0.15, -0.1) is 23.1 Å². The molecule has 5 rings (SSSR count). The first-order valence-corrected chi connectivity index (χ1v) is 11.5. The number of thioether (sulfide) groups is 1. The maximum atomic E-state index is 5.97. The normalized spacial score (nSPS) is 14.1. The highest BCUT2D eigenvalue weighted by molar-refractivity contribution is 7.99. The molecule has 1 aromatic carbocycles. The zero-order valence-corrected chi connectivity index (χ0v) is 17.8. The number of halogens is 1. The number of rotatable bonds is 4. The monoisotopic (exact) mass is 423 g/mol. The third kappa shape index (κ3) is 3.11. The smallest absolute Gasteiger partial charge is 0.127 e. The second-order valence-electron chi connectivity index (χ2n) is 6.88. The predicted octanol–water partition coefficient (Wildman–Crippen LogP) is 6.63. The molecular formula is C22H18ClN3S2. The highest BCUT2D eigenvalue weighted by Gasteiger charge is 2.24. The Morgan fingerprint density at radius 1 is 1.18 bits per heavy atom. The number of fused-ring (bicyclic) bond motifs is 5. The molecule has 0 saturated carbocycles. The summed E-state index contributed by atoms with van der Waals surface area (Å²) in [6.45, 7) is 1.90. The standard InChI is InChI=1S/C22H18ClN3S2/c1-13(23)10-11-27-22-20-19(24-12-25-22)17-15-8-5-9-16(15)18(26-21(17)28-20)14-6-3-2-4-7-14/h2-4,6-7,10,12H,5,8-9,11H2,1H3/b13-10-. The highest BCUT2D eigenvalue weighted by atomic mass is 35.5. The summed E-state index contributed by atoms with van der Waals surface area (Å²) in [5, 5.41) is 3.05. The van der Waals surface area contributed by atoms with Gasteiger partial charge in [0.1, 0.15) is 16.2 Å². The highest BCUT2D eigenvalue weighted by Crippen LogP contribution is 2.43. The van der Waals surface area contributed by atoms with E-state index < -0.39 is 0 Å². The van der Waals surface area contributed by atoms with Crippen molar-refractivity contribution in [3.05, 3.63) is 58.9 Å². The van der Waals surface area contributed by atoms with Crippen molar-refractivity contribution in [2.75, 3.05) is 5.75 Å². The second-order valence-corrected chi connectivity index (χ2v) is 9.48. The summed E-state index contributed by atoms with van der Waals surface area (Å²) in [4.78, 5) is 15.4. The minimum Gasteiger partial charge on any atom is -0.236 e. The van der Waals surface area contributed by atoms with Gasteiger partial charge in [0.05, 0.1) is 15.9 Å². The van der Waals surface area contributed by atoms with Gasteiger partial charge in [-0.2, -0.15) is 0 Å². The third-order valence-corrected chi connectivity index (χ3v) is 7.35. The summed E-state index contributed by atoms with van der Waals surface area (Å²) >= 11 is 9.38. The molecule has 28 heavy (non-hydrogen) atoms. The molecule has 0 fully saturated rings. The van der Waals surface area contributed by atoms with Crippen LogP contribution in [0.1, 0.15) is 24.5 Å². The van der Waals surface area contributed by atoms with Crippen molar-refractivity contribution in [3.63, 3.8) is 0 Å². The van der Waals surface area contributed by atoms with Crippen LogP contribution in [0.2, 0.25) is 0 Å². The van der Waals surface area contributed by atoms with Gasteiger partial charge in [0.2, 0.25) is 0 Å². The Balaban J connectivity index is 1.72. The molecular weight excluding hydrogens is 406 g/mol. The van der Waals surface area contributed by atoms with E-state index in [9.17, 15) is 0 Å². The SMILES string of the molecule is C/C(Cl)=C/CSc1ncnc2c1sc1nc(-c3ccccc3)c3c(c12)CCC3. The Morgan fingerprint density at radius 2 is 2.00 bits per heavy atom. The van der Waals surface area contributed by atoms with E-state index in [-0.39, 0.29) is 0 Å². The fourth-order valence-corrected chi connectivity index (χ4v) is 6.21. The Hall–Kier alpha value is -1.95. The molecule has 6 heteroatoms. The minimum absolute atomic E-state index is 0.802. The molecule has 0 N–H and O–H groups in total. The number of hydrogen-bond donors (Lipinski definition) is 0. The number of pyridine rings is 1. The predicted molar refractivity (Wildman–Crippen MR) is 121 cm³/mol. The maximum Gasteiger partial charge on any atom is 0.127 e. The maximum absolute atomic E-state index is 5.97. The van der Waals surface area contributed by atoms with Gasteiger partial charge < -0.3 is 0 Å². The molecule has 0 unspecified atom stereocenters. The van der Waals surface area contributed by atoms with Crippen LogP contribution in [0.3, 0.4) is 0 Å². The molecule has 0 saturated heterocycles. The number of aryl methyl sites for hydroxylation is 1. The van der Waals surface area contributed by atoms with Crippen molar-refractivity contribution in [1.82, 2.24) is 15.0 Å². The first-order chi connectivity index (χ1) is 13.7. The average molecular weight is 424 g/mol. The van der Waals surface area contributed by atoms with E-state index in [2.05, 4.69) is 40.3 Å². The van der Waals surface area contributed by atoms with Crippen LogP contribution in [0.4, 0.5) is 0 Å². The van der Waals surface area contributed by atoms with E-state index in [0.717, 1.165) is 49.4 Å². The molecule has 0 atom stereocenters. The van der Waals surface area contributed by atoms with Crippen molar-refractivity contribution in [1.29, 1.82) is 0 Å². The first-order valence-electron chi connectivity index (χ1n) is 9.32. The van der Waals surface area contributed by atoms with E-state index in [1.54, 1.807) is 29.4 Å². The Morgan fingerprint density at radius 3 is 2.82 bits per heavy atom. The van der Waals surface area contributed by atoms with Crippen LogP contribution in [-0.4, -0.2) is 20.7 Å². The summed E-state index contributed by atoms with van der Waals surface area (Å²) in [6, 6.07) is 10.5. The van der Waals surface area contributed by atoms with Gasteiger partial charge in [0, 0.05) is 21.7 Å². The van der Waals surface area contributed by atoms with E-state index >= 15 is 0 Å². The number of benzene rings is 1. The summed E-state index contributed by atoms with van der Waals surface area (Å²) < 4.78 is 1.13. The summed E-state index contributed by atoms with van der Waals surface area (Å²) in [5.74, 6) is 0.802. The summed E-state index contributed by atoms with van der Waals surface area (Å²) in [6.07, 6.45) is 7.06. The minimum atomic E-state index is 0.802. The van der Waals surface area contributed by atoms with E-state index in [1.165, 1.54) is 28.5 Å². The molecule has 0 aliphatic heterocycles. The molecule has 0 radical (unpaired) electrons. The lowest BCUT2D eigenvalue weighted by molar-refractivity contribution is 0.913. The molecule has 0 amide bonds. The molecule has 3 nitrogen and oxygen atoms in total. The Kier molecular flexibility index (Phi) is 4.83. The van der Waals surface area contributed by atoms with Gasteiger partial charge in [-0.05, 0) is 37.3 Å². The van der Waals surface area contributed by atoms with Crippen molar-refractivity contribution in [3.8, 4) is 11.3 Å². The number of allylic oxidation sites excluding steroid dienone is 1. The zero-order valence-electron chi connectivity index (χ0n) is 15.4. The quantitative estimate of drug-likeness (QED) is 0.272. The topological polar surface area (TPSA) is 38.7 Å². The van der Waals surface area contributed by atoms with Crippen LogP contribution in [0.25, 0.3) is 31.7 Å². The van der Waals surface area contributed by atoms with Gasteiger partial charge in [0.25, 0.3) is 0 Å². The first kappa shape index (κ1) is 18.1. The number of thiophene rings is 1. The molecule has 140 valence electrons. The van der Waals surface area contributed by atoms with Crippen LogP contribution in [-0.2, 0) is 12.8 Å². The zero-order chi connectivity index (χ0) is 19.1. The molecule has 3 heterocycles. The van der Waals surface area contributed by atoms with Gasteiger partial charge in [-0.25, -0.2) is 15.0 Å². The summed E-state index contributed by atoms with van der Waals surface area (Å²) in [5.41, 5.74) is 6.21. The number of hydrogen-bond acceptors (Lipinski definition) is 5. The van der Waals surface area contributed by atoms with Crippen molar-refractivity contribution in [2.24, 2.45) is 0 Å². The Labute approximate surface area is 176 Å². The van der Waals surface area contributed by atoms with E-state index in [1.807, 2.05) is 13.0 Å². The van der Waals surface area contributed by atoms with Gasteiger partial charge >= 0.3 is 0 Å². The fraction of sp³-hybridized carbons (Fsp3) is 0.227. The molecule has 1 aliphatic carbocycles. The van der Waals surface area contributed by atoms with Crippen molar-refractivity contribution < 1.29 is 0 Å². The van der Waals surface area contributed by atoms with Crippen LogP contribution in [0.5, 0.6) is 0 Å². The van der Waals surface area contributed by atoms with Crippen LogP contribution in [0.15, 0.2) is 52.8 Å². The summed E-state index contributed by atoms with van der Waals surface area (Å²) in [7, 11) is 0. The van der Waals surface area contributed by atoms with Gasteiger partial charge in [-0.3, -0.25) is 0 Å². The lowest BCUT2D eigenvalue weighted by Crippen LogP contribution is -1.94. The fourth-order valence-electron chi connectivity index (χ4n) is 3.85. The molecule has 3 aromatic heterocycles. The lowest BCUT2D eigenvalue weighted by atomic mass is 10.0. The van der Waals surface area contributed by atoms with Crippen molar-refractivity contribution >= 4 is 55.1 Å². The lowest BCUT2D eigenvalue weighted by Gasteiger charge is -2.09. The molecule has 4 aromatic rings. The third-order valence-electron chi connectivity index (χ3n) is 5.07. The van der Waals surface area contributed by atoms with E-state index in [0.29, 0.717) is 0 Å². The second kappa shape index (κ2) is 7.47. The average Bonchev–Trinajstić information content (AvgIpc) is 3.32. The van der Waals surface area contributed by atoms with Crippen molar-refractivity contribution in [2.45, 2.75) is 31.2 Å². The Bertz CT molecular complexity index is 1210. The largest absolute Gasteiger partial charge is 0.236 e.